The zero-order valence-electron chi connectivity index (χ0n) is 12.8. The van der Waals surface area contributed by atoms with Crippen LogP contribution in [0.25, 0.3) is 25.7 Å². The van der Waals surface area contributed by atoms with Gasteiger partial charge in [0, 0.05) is 16.3 Å². The van der Waals surface area contributed by atoms with Crippen LogP contribution in [-0.2, 0) is 0 Å². The average molecular weight is 330 g/mol. The van der Waals surface area contributed by atoms with Crippen LogP contribution in [-0.4, -0.2) is 6.61 Å². The fraction of sp³-hybridized carbons (Fsp3) is 0.263. The fourth-order valence-electron chi connectivity index (χ4n) is 3.25. The summed E-state index contributed by atoms with van der Waals surface area (Å²) in [6.45, 7) is 2.22. The van der Waals surface area contributed by atoms with Gasteiger partial charge in [0.2, 0.25) is 0 Å². The number of rotatable bonds is 3. The van der Waals surface area contributed by atoms with Crippen molar-refractivity contribution in [1.29, 1.82) is 0 Å². The van der Waals surface area contributed by atoms with E-state index in [1.165, 1.54) is 11.3 Å². The molecule has 0 radical (unpaired) electrons. The van der Waals surface area contributed by atoms with Gasteiger partial charge in [-0.25, -0.2) is 8.78 Å². The molecule has 1 heterocycles. The molecule has 3 aromatic rings. The average Bonchev–Trinajstić information content (AvgIpc) is 3.19. The van der Waals surface area contributed by atoms with E-state index in [4.69, 9.17) is 4.74 Å². The number of ether oxygens (including phenoxy) is 1. The van der Waals surface area contributed by atoms with E-state index in [9.17, 15) is 8.78 Å². The molecule has 4 heteroatoms. The van der Waals surface area contributed by atoms with Gasteiger partial charge >= 0.3 is 0 Å². The summed E-state index contributed by atoms with van der Waals surface area (Å²) in [5.74, 6) is -0.397. The lowest BCUT2D eigenvalue weighted by atomic mass is 10.0. The van der Waals surface area contributed by atoms with Crippen LogP contribution in [0.15, 0.2) is 30.3 Å². The smallest absolute Gasteiger partial charge is 0.182 e. The minimum absolute atomic E-state index is 0.227. The number of allylic oxidation sites excluding steroid dienone is 2. The van der Waals surface area contributed by atoms with Crippen molar-refractivity contribution in [2.24, 2.45) is 0 Å². The van der Waals surface area contributed by atoms with Gasteiger partial charge in [0.05, 0.1) is 16.0 Å². The molecular formula is C19H16F2OS. The molecule has 0 aliphatic heterocycles. The number of halogens is 2. The molecule has 23 heavy (non-hydrogen) atoms. The molecule has 0 N–H and O–H groups in total. The molecule has 1 aromatic heterocycles. The van der Waals surface area contributed by atoms with E-state index in [1.54, 1.807) is 6.07 Å². The second kappa shape index (κ2) is 5.60. The first-order valence-electron chi connectivity index (χ1n) is 7.86. The Morgan fingerprint density at radius 2 is 1.78 bits per heavy atom. The van der Waals surface area contributed by atoms with E-state index in [0.717, 1.165) is 35.6 Å². The summed E-state index contributed by atoms with van der Waals surface area (Å²) in [5, 5.41) is 1.52. The Kier molecular flexibility index (Phi) is 3.57. The number of thiophene rings is 1. The van der Waals surface area contributed by atoms with Gasteiger partial charge < -0.3 is 4.74 Å². The Bertz CT molecular complexity index is 940. The van der Waals surface area contributed by atoms with Gasteiger partial charge in [0.1, 0.15) is 5.82 Å². The van der Waals surface area contributed by atoms with Crippen molar-refractivity contribution in [2.75, 3.05) is 6.61 Å². The van der Waals surface area contributed by atoms with Gasteiger partial charge in [0.15, 0.2) is 11.6 Å². The molecular weight excluding hydrogens is 314 g/mol. The molecule has 0 atom stereocenters. The molecule has 0 saturated carbocycles. The Morgan fingerprint density at radius 1 is 1.04 bits per heavy atom. The van der Waals surface area contributed by atoms with Crippen molar-refractivity contribution >= 4 is 37.1 Å². The molecule has 4 rings (SSSR count). The van der Waals surface area contributed by atoms with Gasteiger partial charge in [-0.1, -0.05) is 18.2 Å². The summed E-state index contributed by atoms with van der Waals surface area (Å²) in [6, 6.07) is 7.18. The number of hydrogen-bond donors (Lipinski definition) is 0. The van der Waals surface area contributed by atoms with Crippen molar-refractivity contribution in [3.63, 3.8) is 0 Å². The predicted octanol–water partition coefficient (Wildman–Crippen LogP) is 6.30. The highest BCUT2D eigenvalue weighted by atomic mass is 32.1. The fourth-order valence-corrected chi connectivity index (χ4v) is 4.42. The predicted molar refractivity (Wildman–Crippen MR) is 92.2 cm³/mol. The zero-order chi connectivity index (χ0) is 16.0. The van der Waals surface area contributed by atoms with Crippen molar-refractivity contribution in [3.05, 3.63) is 47.5 Å². The summed E-state index contributed by atoms with van der Waals surface area (Å²) in [7, 11) is 0. The van der Waals surface area contributed by atoms with Crippen LogP contribution in [0.4, 0.5) is 8.78 Å². The quantitative estimate of drug-likeness (QED) is 0.547. The van der Waals surface area contributed by atoms with E-state index in [2.05, 4.69) is 6.08 Å². The monoisotopic (exact) mass is 330 g/mol. The lowest BCUT2D eigenvalue weighted by molar-refractivity contribution is 0.323. The third-order valence-electron chi connectivity index (χ3n) is 4.34. The van der Waals surface area contributed by atoms with Crippen LogP contribution >= 0.6 is 11.3 Å². The number of fused-ring (bicyclic) bond motifs is 3. The van der Waals surface area contributed by atoms with Gasteiger partial charge in [-0.2, -0.15) is 0 Å². The van der Waals surface area contributed by atoms with E-state index in [0.29, 0.717) is 21.6 Å². The minimum atomic E-state index is -0.397. The third-order valence-corrected chi connectivity index (χ3v) is 5.55. The molecule has 0 unspecified atom stereocenters. The van der Waals surface area contributed by atoms with E-state index >= 15 is 0 Å². The Balaban J connectivity index is 1.97. The van der Waals surface area contributed by atoms with Crippen LogP contribution < -0.4 is 4.74 Å². The maximum atomic E-state index is 15.0. The highest BCUT2D eigenvalue weighted by Gasteiger charge is 2.19. The second-order valence-corrected chi connectivity index (χ2v) is 6.74. The Hall–Kier alpha value is -1.94. The zero-order valence-corrected chi connectivity index (χ0v) is 13.6. The topological polar surface area (TPSA) is 9.23 Å². The Morgan fingerprint density at radius 3 is 2.48 bits per heavy atom. The third kappa shape index (κ3) is 2.24. The van der Waals surface area contributed by atoms with Crippen molar-refractivity contribution in [3.8, 4) is 5.75 Å². The van der Waals surface area contributed by atoms with Gasteiger partial charge in [-0.05, 0) is 43.9 Å². The van der Waals surface area contributed by atoms with Gasteiger partial charge in [-0.15, -0.1) is 11.3 Å². The van der Waals surface area contributed by atoms with Crippen LogP contribution in [0.3, 0.4) is 0 Å². The van der Waals surface area contributed by atoms with Crippen molar-refractivity contribution < 1.29 is 13.5 Å². The largest absolute Gasteiger partial charge is 0.491 e. The molecule has 1 nitrogen and oxygen atoms in total. The highest BCUT2D eigenvalue weighted by molar-refractivity contribution is 7.25. The molecule has 118 valence electrons. The summed E-state index contributed by atoms with van der Waals surface area (Å²) >= 11 is 1.17. The summed E-state index contributed by atoms with van der Waals surface area (Å²) < 4.78 is 35.8. The molecule has 1 aliphatic rings. The molecule has 0 bridgehead atoms. The molecule has 2 aromatic carbocycles. The van der Waals surface area contributed by atoms with Gasteiger partial charge in [0.25, 0.3) is 0 Å². The number of benzene rings is 2. The maximum Gasteiger partial charge on any atom is 0.182 e. The summed E-state index contributed by atoms with van der Waals surface area (Å²) in [4.78, 5) is 0. The second-order valence-electron chi connectivity index (χ2n) is 5.71. The summed E-state index contributed by atoms with van der Waals surface area (Å²) in [6.07, 6.45) is 5.10. The minimum Gasteiger partial charge on any atom is -0.491 e. The first-order chi connectivity index (χ1) is 11.2. The van der Waals surface area contributed by atoms with Crippen molar-refractivity contribution in [2.45, 2.75) is 26.2 Å². The lowest BCUT2D eigenvalue weighted by Crippen LogP contribution is -1.93. The Labute approximate surface area is 137 Å². The summed E-state index contributed by atoms with van der Waals surface area (Å²) in [5.41, 5.74) is 1.73. The van der Waals surface area contributed by atoms with Gasteiger partial charge in [-0.3, -0.25) is 0 Å². The van der Waals surface area contributed by atoms with E-state index in [1.807, 2.05) is 25.1 Å². The molecule has 0 saturated heterocycles. The first-order valence-corrected chi connectivity index (χ1v) is 8.67. The molecule has 0 spiro atoms. The first kappa shape index (κ1) is 14.6. The lowest BCUT2D eigenvalue weighted by Gasteiger charge is -2.05. The van der Waals surface area contributed by atoms with Crippen LogP contribution in [0.5, 0.6) is 5.75 Å². The molecule has 1 aliphatic carbocycles. The van der Waals surface area contributed by atoms with Crippen LogP contribution in [0, 0.1) is 11.6 Å². The van der Waals surface area contributed by atoms with E-state index < -0.39 is 5.82 Å². The highest BCUT2D eigenvalue weighted by Crippen LogP contribution is 2.42. The molecule has 0 amide bonds. The normalized spacial score (nSPS) is 14.7. The van der Waals surface area contributed by atoms with Crippen LogP contribution in [0.1, 0.15) is 31.7 Å². The van der Waals surface area contributed by atoms with Crippen LogP contribution in [0.2, 0.25) is 0 Å². The number of hydrogen-bond acceptors (Lipinski definition) is 2. The van der Waals surface area contributed by atoms with Crippen molar-refractivity contribution in [1.82, 2.24) is 0 Å². The standard InChI is InChI=1S/C19H16F2OS/c1-2-22-15-10-9-14-13-8-7-12(11-5-3-4-6-11)16(20)18(13)23-19(14)17(15)21/h5,7-10H,2-4,6H2,1H3. The van der Waals surface area contributed by atoms with E-state index in [-0.39, 0.29) is 11.6 Å². The SMILES string of the molecule is CCOc1ccc2c(sc3c(F)c(C4=CCCC4)ccc32)c1F. The maximum absolute atomic E-state index is 15.0. The molecule has 0 fully saturated rings.